The highest BCUT2D eigenvalue weighted by Gasteiger charge is 2.12. The van der Waals surface area contributed by atoms with Gasteiger partial charge in [-0.2, -0.15) is 0 Å². The van der Waals surface area contributed by atoms with Gasteiger partial charge in [0.25, 0.3) is 0 Å². The molecule has 0 saturated carbocycles. The molecule has 0 aliphatic heterocycles. The van der Waals surface area contributed by atoms with Crippen LogP contribution >= 0.6 is 22.7 Å². The van der Waals surface area contributed by atoms with Gasteiger partial charge >= 0.3 is 0 Å². The second-order valence-corrected chi connectivity index (χ2v) is 5.88. The standard InChI is InChI=1S/C13H8FNOS2/c14-9-2-1-8-5-12(18-11(8)6-9)10(16)7-13-15-3-4-17-13/h1-6H,7H2. The Morgan fingerprint density at radius 2 is 2.22 bits per heavy atom. The summed E-state index contributed by atoms with van der Waals surface area (Å²) in [6, 6.07) is 6.38. The number of benzene rings is 1. The Labute approximate surface area is 111 Å². The molecule has 1 aromatic carbocycles. The zero-order valence-corrected chi connectivity index (χ0v) is 10.9. The Bertz CT molecular complexity index is 703. The highest BCUT2D eigenvalue weighted by Crippen LogP contribution is 2.27. The molecule has 3 aromatic rings. The van der Waals surface area contributed by atoms with Crippen LogP contribution in [0.3, 0.4) is 0 Å². The first-order valence-electron chi connectivity index (χ1n) is 5.33. The van der Waals surface area contributed by atoms with Gasteiger partial charge < -0.3 is 0 Å². The van der Waals surface area contributed by atoms with Crippen LogP contribution in [0.2, 0.25) is 0 Å². The summed E-state index contributed by atoms with van der Waals surface area (Å²) in [5, 5.41) is 3.57. The lowest BCUT2D eigenvalue weighted by atomic mass is 10.2. The number of Topliss-reactive ketones (excluding diaryl/α,β-unsaturated/α-hetero) is 1. The molecular formula is C13H8FNOS2. The van der Waals surface area contributed by atoms with E-state index in [1.54, 1.807) is 12.3 Å². The fraction of sp³-hybridized carbons (Fsp3) is 0.0769. The number of halogens is 1. The number of aromatic nitrogens is 1. The molecule has 0 amide bonds. The smallest absolute Gasteiger partial charge is 0.179 e. The lowest BCUT2D eigenvalue weighted by Gasteiger charge is -1.92. The molecular weight excluding hydrogens is 269 g/mol. The summed E-state index contributed by atoms with van der Waals surface area (Å²) in [7, 11) is 0. The Morgan fingerprint density at radius 3 is 3.00 bits per heavy atom. The molecule has 2 aromatic heterocycles. The first-order valence-corrected chi connectivity index (χ1v) is 7.02. The van der Waals surface area contributed by atoms with E-state index in [0.717, 1.165) is 15.1 Å². The average molecular weight is 277 g/mol. The zero-order valence-electron chi connectivity index (χ0n) is 9.22. The maximum Gasteiger partial charge on any atom is 0.179 e. The third-order valence-corrected chi connectivity index (χ3v) is 4.47. The Hall–Kier alpha value is -1.59. The Morgan fingerprint density at radius 1 is 1.33 bits per heavy atom. The molecule has 0 bridgehead atoms. The van der Waals surface area contributed by atoms with Crippen LogP contribution in [-0.2, 0) is 6.42 Å². The monoisotopic (exact) mass is 277 g/mol. The quantitative estimate of drug-likeness (QED) is 0.679. The van der Waals surface area contributed by atoms with Crippen LogP contribution in [0.1, 0.15) is 14.7 Å². The van der Waals surface area contributed by atoms with E-state index in [1.165, 1.54) is 34.8 Å². The van der Waals surface area contributed by atoms with E-state index >= 15 is 0 Å². The van der Waals surface area contributed by atoms with Gasteiger partial charge in [-0.1, -0.05) is 6.07 Å². The van der Waals surface area contributed by atoms with Gasteiger partial charge in [-0.15, -0.1) is 22.7 Å². The van der Waals surface area contributed by atoms with Crippen molar-refractivity contribution in [1.29, 1.82) is 0 Å². The number of hydrogen-bond donors (Lipinski definition) is 0. The number of carbonyl (C=O) groups is 1. The topological polar surface area (TPSA) is 30.0 Å². The van der Waals surface area contributed by atoms with Gasteiger partial charge in [0.05, 0.1) is 11.3 Å². The summed E-state index contributed by atoms with van der Waals surface area (Å²) in [5.74, 6) is -0.241. The zero-order chi connectivity index (χ0) is 12.5. The van der Waals surface area contributed by atoms with Crippen molar-refractivity contribution in [3.8, 4) is 0 Å². The number of rotatable bonds is 3. The van der Waals surface area contributed by atoms with Gasteiger partial charge in [-0.05, 0) is 23.6 Å². The molecule has 2 nitrogen and oxygen atoms in total. The van der Waals surface area contributed by atoms with E-state index in [-0.39, 0.29) is 11.6 Å². The fourth-order valence-electron chi connectivity index (χ4n) is 1.71. The van der Waals surface area contributed by atoms with Crippen molar-refractivity contribution in [2.24, 2.45) is 0 Å². The highest BCUT2D eigenvalue weighted by molar-refractivity contribution is 7.20. The maximum absolute atomic E-state index is 13.1. The summed E-state index contributed by atoms with van der Waals surface area (Å²) in [4.78, 5) is 16.8. The van der Waals surface area contributed by atoms with Gasteiger partial charge in [-0.3, -0.25) is 4.79 Å². The van der Waals surface area contributed by atoms with Gasteiger partial charge in [0.15, 0.2) is 5.78 Å². The molecule has 0 radical (unpaired) electrons. The molecule has 2 heterocycles. The van der Waals surface area contributed by atoms with Crippen LogP contribution in [0, 0.1) is 5.82 Å². The van der Waals surface area contributed by atoms with E-state index in [9.17, 15) is 9.18 Å². The number of nitrogens with zero attached hydrogens (tertiary/aromatic N) is 1. The molecule has 0 N–H and O–H groups in total. The Balaban J connectivity index is 1.92. The molecule has 0 aliphatic rings. The van der Waals surface area contributed by atoms with E-state index < -0.39 is 0 Å². The fourth-order valence-corrected chi connectivity index (χ4v) is 3.35. The van der Waals surface area contributed by atoms with Crippen molar-refractivity contribution in [1.82, 2.24) is 4.98 Å². The average Bonchev–Trinajstić information content (AvgIpc) is 2.96. The van der Waals surface area contributed by atoms with Crippen LogP contribution in [-0.4, -0.2) is 10.8 Å². The number of fused-ring (bicyclic) bond motifs is 1. The van der Waals surface area contributed by atoms with Crippen molar-refractivity contribution in [3.05, 3.63) is 51.5 Å². The molecule has 0 spiro atoms. The third-order valence-electron chi connectivity index (χ3n) is 2.55. The van der Waals surface area contributed by atoms with Crippen molar-refractivity contribution in [2.75, 3.05) is 0 Å². The predicted octanol–water partition coefficient (Wildman–Crippen LogP) is 3.92. The van der Waals surface area contributed by atoms with Gasteiger partial charge in [0.1, 0.15) is 10.8 Å². The van der Waals surface area contributed by atoms with Crippen LogP contribution < -0.4 is 0 Å². The molecule has 18 heavy (non-hydrogen) atoms. The molecule has 0 atom stereocenters. The number of thiazole rings is 1. The van der Waals surface area contributed by atoms with E-state index in [0.29, 0.717) is 11.3 Å². The third kappa shape index (κ3) is 2.19. The number of ketones is 1. The summed E-state index contributed by atoms with van der Waals surface area (Å²) in [6.45, 7) is 0. The second kappa shape index (κ2) is 4.59. The number of thiophene rings is 1. The lowest BCUT2D eigenvalue weighted by molar-refractivity contribution is 0.0997. The molecule has 3 rings (SSSR count). The van der Waals surface area contributed by atoms with Crippen molar-refractivity contribution in [3.63, 3.8) is 0 Å². The molecule has 0 unspecified atom stereocenters. The molecule has 90 valence electrons. The van der Waals surface area contributed by atoms with Crippen LogP contribution in [0.25, 0.3) is 10.1 Å². The largest absolute Gasteiger partial charge is 0.293 e. The summed E-state index contributed by atoms with van der Waals surface area (Å²) >= 11 is 2.80. The second-order valence-electron chi connectivity index (χ2n) is 3.82. The molecule has 0 saturated heterocycles. The van der Waals surface area contributed by atoms with Crippen LogP contribution in [0.15, 0.2) is 35.8 Å². The maximum atomic E-state index is 13.1. The van der Waals surface area contributed by atoms with Crippen molar-refractivity contribution < 1.29 is 9.18 Å². The predicted molar refractivity (Wildman–Crippen MR) is 71.9 cm³/mol. The number of carbonyl (C=O) groups excluding carboxylic acids is 1. The van der Waals surface area contributed by atoms with Crippen LogP contribution in [0.4, 0.5) is 4.39 Å². The Kier molecular flexibility index (Phi) is 2.93. The van der Waals surface area contributed by atoms with Gasteiger partial charge in [0, 0.05) is 16.3 Å². The summed E-state index contributed by atoms with van der Waals surface area (Å²) in [5.41, 5.74) is 0. The lowest BCUT2D eigenvalue weighted by Crippen LogP contribution is -2.00. The normalized spacial score (nSPS) is 10.9. The molecule has 0 fully saturated rings. The van der Waals surface area contributed by atoms with Crippen molar-refractivity contribution in [2.45, 2.75) is 6.42 Å². The van der Waals surface area contributed by atoms with Crippen molar-refractivity contribution >= 4 is 38.5 Å². The van der Waals surface area contributed by atoms with Crippen LogP contribution in [0.5, 0.6) is 0 Å². The summed E-state index contributed by atoms with van der Waals surface area (Å²) in [6.07, 6.45) is 2.00. The van der Waals surface area contributed by atoms with Gasteiger partial charge in [0.2, 0.25) is 0 Å². The summed E-state index contributed by atoms with van der Waals surface area (Å²) < 4.78 is 13.9. The minimum absolute atomic E-state index is 0.0339. The minimum atomic E-state index is -0.275. The first kappa shape index (κ1) is 11.5. The first-order chi connectivity index (χ1) is 8.72. The SMILES string of the molecule is O=C(Cc1nccs1)c1cc2ccc(F)cc2s1. The highest BCUT2D eigenvalue weighted by atomic mass is 32.1. The minimum Gasteiger partial charge on any atom is -0.293 e. The molecule has 5 heteroatoms. The van der Waals surface area contributed by atoms with E-state index in [2.05, 4.69) is 4.98 Å². The molecule has 0 aliphatic carbocycles. The van der Waals surface area contributed by atoms with E-state index in [1.807, 2.05) is 11.4 Å². The van der Waals surface area contributed by atoms with E-state index in [4.69, 9.17) is 0 Å². The van der Waals surface area contributed by atoms with Gasteiger partial charge in [-0.25, -0.2) is 9.37 Å². The number of hydrogen-bond acceptors (Lipinski definition) is 4.